The van der Waals surface area contributed by atoms with Crippen LogP contribution >= 0.6 is 0 Å². The van der Waals surface area contributed by atoms with E-state index in [1.165, 1.54) is 0 Å². The molecule has 160 valence electrons. The lowest BCUT2D eigenvalue weighted by molar-refractivity contribution is 0.0746. The second-order valence-electron chi connectivity index (χ2n) is 7.86. The Morgan fingerprint density at radius 1 is 1.03 bits per heavy atom. The minimum absolute atomic E-state index is 0.000629. The zero-order valence-corrected chi connectivity index (χ0v) is 17.4. The topological polar surface area (TPSA) is 93.8 Å². The molecule has 3 aromatic rings. The Hall–Kier alpha value is -3.62. The molecule has 31 heavy (non-hydrogen) atoms. The number of ether oxygens (including phenoxy) is 2. The van der Waals surface area contributed by atoms with Gasteiger partial charge in [-0.25, -0.2) is 4.98 Å². The average Bonchev–Trinajstić information content (AvgIpc) is 3.48. The molecule has 2 aromatic heterocycles. The minimum atomic E-state index is -0.000629. The normalized spacial score (nSPS) is 15.6. The molecule has 2 aliphatic heterocycles. The first kappa shape index (κ1) is 19.3. The molecule has 1 amide bonds. The molecule has 9 heteroatoms. The Balaban J connectivity index is 1.21. The summed E-state index contributed by atoms with van der Waals surface area (Å²) < 4.78 is 16.0. The molecule has 0 bridgehead atoms. The van der Waals surface area contributed by atoms with Gasteiger partial charge in [-0.1, -0.05) is 19.0 Å². The number of piperazine rings is 1. The minimum Gasteiger partial charge on any atom is -0.454 e. The van der Waals surface area contributed by atoms with Crippen molar-refractivity contribution in [3.05, 3.63) is 48.0 Å². The van der Waals surface area contributed by atoms with E-state index in [9.17, 15) is 4.79 Å². The van der Waals surface area contributed by atoms with Crippen molar-refractivity contribution in [3.63, 3.8) is 0 Å². The van der Waals surface area contributed by atoms with Crippen LogP contribution in [-0.4, -0.2) is 58.9 Å². The van der Waals surface area contributed by atoms with Gasteiger partial charge < -0.3 is 23.8 Å². The maximum absolute atomic E-state index is 12.9. The number of aromatic nitrogens is 3. The Morgan fingerprint density at radius 3 is 2.55 bits per heavy atom. The van der Waals surface area contributed by atoms with Gasteiger partial charge in [0.15, 0.2) is 11.5 Å². The lowest BCUT2D eigenvalue weighted by Crippen LogP contribution is -2.49. The number of anilines is 1. The van der Waals surface area contributed by atoms with Crippen LogP contribution in [0, 0.1) is 0 Å². The standard InChI is InChI=1S/C22H23N5O4/c1-14(2)21-24-20(25-31-21)16-4-6-19(23-12-16)26-7-9-27(10-8-26)22(28)15-3-5-17-18(11-15)30-13-29-17/h3-6,11-12,14H,7-10,13H2,1-2H3. The van der Waals surface area contributed by atoms with Crippen molar-refractivity contribution in [2.75, 3.05) is 37.9 Å². The van der Waals surface area contributed by atoms with Crippen LogP contribution in [-0.2, 0) is 0 Å². The molecule has 0 atom stereocenters. The van der Waals surface area contributed by atoms with Crippen molar-refractivity contribution in [1.29, 1.82) is 0 Å². The number of pyridine rings is 1. The summed E-state index contributed by atoms with van der Waals surface area (Å²) in [5, 5.41) is 4.03. The Bertz CT molecular complexity index is 1090. The molecule has 1 saturated heterocycles. The summed E-state index contributed by atoms with van der Waals surface area (Å²) in [7, 11) is 0. The van der Waals surface area contributed by atoms with Gasteiger partial charge in [-0.3, -0.25) is 4.79 Å². The van der Waals surface area contributed by atoms with Gasteiger partial charge in [0, 0.05) is 49.4 Å². The molecule has 0 N–H and O–H groups in total. The maximum atomic E-state index is 12.9. The van der Waals surface area contributed by atoms with Crippen LogP contribution in [0.4, 0.5) is 5.82 Å². The fraction of sp³-hybridized carbons (Fsp3) is 0.364. The lowest BCUT2D eigenvalue weighted by Gasteiger charge is -2.35. The summed E-state index contributed by atoms with van der Waals surface area (Å²) >= 11 is 0. The van der Waals surface area contributed by atoms with E-state index in [1.54, 1.807) is 24.4 Å². The van der Waals surface area contributed by atoms with Gasteiger partial charge in [0.2, 0.25) is 18.5 Å². The molecular weight excluding hydrogens is 398 g/mol. The van der Waals surface area contributed by atoms with E-state index >= 15 is 0 Å². The van der Waals surface area contributed by atoms with E-state index in [4.69, 9.17) is 14.0 Å². The highest BCUT2D eigenvalue weighted by Crippen LogP contribution is 2.33. The number of carbonyl (C=O) groups is 1. The highest BCUT2D eigenvalue weighted by molar-refractivity contribution is 5.95. The van der Waals surface area contributed by atoms with Crippen LogP contribution in [0.5, 0.6) is 11.5 Å². The van der Waals surface area contributed by atoms with Crippen molar-refractivity contribution in [2.45, 2.75) is 19.8 Å². The molecule has 0 unspecified atom stereocenters. The highest BCUT2D eigenvalue weighted by atomic mass is 16.7. The van der Waals surface area contributed by atoms with Gasteiger partial charge in [-0.05, 0) is 30.3 Å². The highest BCUT2D eigenvalue weighted by Gasteiger charge is 2.25. The first-order chi connectivity index (χ1) is 15.1. The molecule has 0 saturated carbocycles. The molecule has 2 aliphatic rings. The van der Waals surface area contributed by atoms with E-state index in [-0.39, 0.29) is 18.6 Å². The third kappa shape index (κ3) is 3.78. The average molecular weight is 421 g/mol. The lowest BCUT2D eigenvalue weighted by atomic mass is 10.1. The van der Waals surface area contributed by atoms with Gasteiger partial charge in [0.1, 0.15) is 5.82 Å². The smallest absolute Gasteiger partial charge is 0.254 e. The Kier molecular flexibility index (Phi) is 4.93. The summed E-state index contributed by atoms with van der Waals surface area (Å²) in [5.41, 5.74) is 1.43. The van der Waals surface area contributed by atoms with Crippen molar-refractivity contribution < 1.29 is 18.8 Å². The SMILES string of the molecule is CC(C)c1nc(-c2ccc(N3CCN(C(=O)c4ccc5c(c4)OCO5)CC3)nc2)no1. The molecule has 4 heterocycles. The third-order valence-electron chi connectivity index (χ3n) is 5.45. The first-order valence-corrected chi connectivity index (χ1v) is 10.3. The van der Waals surface area contributed by atoms with E-state index < -0.39 is 0 Å². The summed E-state index contributed by atoms with van der Waals surface area (Å²) in [6.45, 7) is 6.89. The van der Waals surface area contributed by atoms with E-state index in [1.807, 2.05) is 30.9 Å². The van der Waals surface area contributed by atoms with E-state index in [0.29, 0.717) is 55.0 Å². The zero-order valence-electron chi connectivity index (χ0n) is 17.4. The third-order valence-corrected chi connectivity index (χ3v) is 5.45. The van der Waals surface area contributed by atoms with Crippen molar-refractivity contribution >= 4 is 11.7 Å². The van der Waals surface area contributed by atoms with Gasteiger partial charge in [-0.2, -0.15) is 4.98 Å². The van der Waals surface area contributed by atoms with Gasteiger partial charge in [0.05, 0.1) is 0 Å². The van der Waals surface area contributed by atoms with Gasteiger partial charge in [-0.15, -0.1) is 0 Å². The molecule has 0 aliphatic carbocycles. The van der Waals surface area contributed by atoms with Crippen molar-refractivity contribution in [1.82, 2.24) is 20.0 Å². The summed E-state index contributed by atoms with van der Waals surface area (Å²) in [5.74, 6) is 3.51. The predicted molar refractivity (Wildman–Crippen MR) is 112 cm³/mol. The number of rotatable bonds is 4. The van der Waals surface area contributed by atoms with Crippen LogP contribution in [0.3, 0.4) is 0 Å². The van der Waals surface area contributed by atoms with E-state index in [0.717, 1.165) is 11.4 Å². The number of hydrogen-bond donors (Lipinski definition) is 0. The fourth-order valence-electron chi connectivity index (χ4n) is 3.64. The van der Waals surface area contributed by atoms with Crippen LogP contribution in [0.1, 0.15) is 36.0 Å². The Labute approximate surface area is 179 Å². The maximum Gasteiger partial charge on any atom is 0.254 e. The van der Waals surface area contributed by atoms with Crippen LogP contribution in [0.2, 0.25) is 0 Å². The predicted octanol–water partition coefficient (Wildman–Crippen LogP) is 2.95. The number of amides is 1. The number of fused-ring (bicyclic) bond motifs is 1. The zero-order chi connectivity index (χ0) is 21.4. The van der Waals surface area contributed by atoms with Crippen LogP contribution in [0.15, 0.2) is 41.1 Å². The van der Waals surface area contributed by atoms with Gasteiger partial charge >= 0.3 is 0 Å². The quantitative estimate of drug-likeness (QED) is 0.635. The van der Waals surface area contributed by atoms with Crippen molar-refractivity contribution in [3.8, 4) is 22.9 Å². The number of benzene rings is 1. The number of hydrogen-bond acceptors (Lipinski definition) is 8. The van der Waals surface area contributed by atoms with Gasteiger partial charge in [0.25, 0.3) is 5.91 Å². The monoisotopic (exact) mass is 421 g/mol. The fourth-order valence-corrected chi connectivity index (χ4v) is 3.64. The summed E-state index contributed by atoms with van der Waals surface area (Å²) in [6, 6.07) is 9.22. The van der Waals surface area contributed by atoms with Crippen molar-refractivity contribution in [2.24, 2.45) is 0 Å². The second kappa shape index (κ2) is 7.90. The summed E-state index contributed by atoms with van der Waals surface area (Å²) in [6.07, 6.45) is 1.76. The molecular formula is C22H23N5O4. The molecule has 0 spiro atoms. The van der Waals surface area contributed by atoms with E-state index in [2.05, 4.69) is 20.0 Å². The summed E-state index contributed by atoms with van der Waals surface area (Å²) in [4.78, 5) is 25.9. The molecule has 1 fully saturated rings. The Morgan fingerprint density at radius 2 is 1.84 bits per heavy atom. The van der Waals surface area contributed by atoms with Crippen LogP contribution < -0.4 is 14.4 Å². The number of nitrogens with zero attached hydrogens (tertiary/aromatic N) is 5. The van der Waals surface area contributed by atoms with Crippen LogP contribution in [0.25, 0.3) is 11.4 Å². The first-order valence-electron chi connectivity index (χ1n) is 10.3. The molecule has 5 rings (SSSR count). The number of carbonyl (C=O) groups excluding carboxylic acids is 1. The molecule has 9 nitrogen and oxygen atoms in total. The second-order valence-corrected chi connectivity index (χ2v) is 7.86. The largest absolute Gasteiger partial charge is 0.454 e. The molecule has 1 aromatic carbocycles. The molecule has 0 radical (unpaired) electrons.